The van der Waals surface area contributed by atoms with E-state index in [-0.39, 0.29) is 18.0 Å². The first kappa shape index (κ1) is 20.7. The molecule has 0 aliphatic rings. The molecule has 2 aromatic heterocycles. The van der Waals surface area contributed by atoms with Crippen molar-refractivity contribution in [3.63, 3.8) is 0 Å². The molecule has 0 spiro atoms. The maximum atomic E-state index is 13.0. The Bertz CT molecular complexity index is 1360. The minimum Gasteiger partial charge on any atom is -0.497 e. The van der Waals surface area contributed by atoms with E-state index in [0.717, 1.165) is 27.4 Å². The van der Waals surface area contributed by atoms with Crippen molar-refractivity contribution in [1.29, 1.82) is 0 Å². The number of ether oxygens (including phenoxy) is 1. The van der Waals surface area contributed by atoms with Gasteiger partial charge in [-0.15, -0.1) is 11.3 Å². The van der Waals surface area contributed by atoms with E-state index in [0.29, 0.717) is 21.7 Å². The van der Waals surface area contributed by atoms with Gasteiger partial charge in [-0.3, -0.25) is 9.59 Å². The van der Waals surface area contributed by atoms with Gasteiger partial charge < -0.3 is 10.1 Å². The first-order valence-electron chi connectivity index (χ1n) is 9.75. The second-order valence-electron chi connectivity index (χ2n) is 7.32. The maximum absolute atomic E-state index is 13.0. The molecule has 31 heavy (non-hydrogen) atoms. The van der Waals surface area contributed by atoms with Gasteiger partial charge >= 0.3 is 0 Å². The molecule has 158 valence electrons. The summed E-state index contributed by atoms with van der Waals surface area (Å²) < 4.78 is 7.20. The molecule has 0 unspecified atom stereocenters. The zero-order valence-electron chi connectivity index (χ0n) is 17.7. The van der Waals surface area contributed by atoms with Crippen molar-refractivity contribution in [3.05, 3.63) is 69.0 Å². The monoisotopic (exact) mass is 434 g/mol. The summed E-state index contributed by atoms with van der Waals surface area (Å²) in [5, 5.41) is 8.18. The minimum absolute atomic E-state index is 0.213. The largest absolute Gasteiger partial charge is 0.497 e. The standard InChI is InChI=1S/C23H22N4O3S/c1-13-8-9-14(2)18(10-13)25-19(28)12-27-23(29)21-22(31-15(3)24-21)20(26-27)16-6-5-7-17(11-16)30-4/h5-11H,12H2,1-4H3,(H,25,28). The summed E-state index contributed by atoms with van der Waals surface area (Å²) in [6, 6.07) is 13.3. The SMILES string of the molecule is COc1cccc(-c2nn(CC(=O)Nc3cc(C)ccc3C)c(=O)c3nc(C)sc23)c1. The van der Waals surface area contributed by atoms with Crippen LogP contribution in [0.4, 0.5) is 5.69 Å². The molecule has 0 aliphatic carbocycles. The number of hydrogen-bond acceptors (Lipinski definition) is 6. The molecule has 4 aromatic rings. The number of anilines is 1. The molecule has 7 nitrogen and oxygen atoms in total. The lowest BCUT2D eigenvalue weighted by Gasteiger charge is -2.11. The van der Waals surface area contributed by atoms with E-state index in [4.69, 9.17) is 4.74 Å². The lowest BCUT2D eigenvalue weighted by atomic mass is 10.1. The molecule has 0 aliphatic heterocycles. The predicted octanol–water partition coefficient (Wildman–Crippen LogP) is 4.09. The van der Waals surface area contributed by atoms with E-state index >= 15 is 0 Å². The highest BCUT2D eigenvalue weighted by Gasteiger charge is 2.18. The Morgan fingerprint density at radius 3 is 2.74 bits per heavy atom. The molecule has 2 aromatic carbocycles. The van der Waals surface area contributed by atoms with Crippen molar-refractivity contribution in [2.24, 2.45) is 0 Å². The highest BCUT2D eigenvalue weighted by molar-refractivity contribution is 7.19. The Labute approximate surface area is 183 Å². The third-order valence-electron chi connectivity index (χ3n) is 4.91. The number of carbonyl (C=O) groups excluding carboxylic acids is 1. The molecular formula is C23H22N4O3S. The van der Waals surface area contributed by atoms with Crippen molar-refractivity contribution >= 4 is 33.1 Å². The zero-order chi connectivity index (χ0) is 22.1. The van der Waals surface area contributed by atoms with Gasteiger partial charge in [0.15, 0.2) is 5.52 Å². The Balaban J connectivity index is 1.76. The van der Waals surface area contributed by atoms with Crippen molar-refractivity contribution < 1.29 is 9.53 Å². The van der Waals surface area contributed by atoms with Gasteiger partial charge in [-0.25, -0.2) is 9.67 Å². The van der Waals surface area contributed by atoms with E-state index < -0.39 is 0 Å². The lowest BCUT2D eigenvalue weighted by molar-refractivity contribution is -0.117. The van der Waals surface area contributed by atoms with Crippen LogP contribution in [0, 0.1) is 20.8 Å². The van der Waals surface area contributed by atoms with E-state index in [2.05, 4.69) is 15.4 Å². The quantitative estimate of drug-likeness (QED) is 0.511. The number of fused-ring (bicyclic) bond motifs is 1. The first-order valence-corrected chi connectivity index (χ1v) is 10.6. The number of rotatable bonds is 5. The highest BCUT2D eigenvalue weighted by atomic mass is 32.1. The third-order valence-corrected chi connectivity index (χ3v) is 5.89. The first-order chi connectivity index (χ1) is 14.9. The average Bonchev–Trinajstić information content (AvgIpc) is 3.14. The maximum Gasteiger partial charge on any atom is 0.294 e. The molecular weight excluding hydrogens is 412 g/mol. The molecule has 0 saturated carbocycles. The highest BCUT2D eigenvalue weighted by Crippen LogP contribution is 2.31. The molecule has 8 heteroatoms. The van der Waals surface area contributed by atoms with Gasteiger partial charge in [-0.05, 0) is 50.1 Å². The molecule has 0 atom stereocenters. The van der Waals surface area contributed by atoms with Gasteiger partial charge in [0, 0.05) is 11.3 Å². The molecule has 0 radical (unpaired) electrons. The number of benzene rings is 2. The van der Waals surface area contributed by atoms with Crippen LogP contribution in [0.5, 0.6) is 5.75 Å². The van der Waals surface area contributed by atoms with Crippen LogP contribution in [-0.4, -0.2) is 27.8 Å². The summed E-state index contributed by atoms with van der Waals surface area (Å²) >= 11 is 1.41. The third kappa shape index (κ3) is 4.20. The number of methoxy groups -OCH3 is 1. The molecule has 1 N–H and O–H groups in total. The molecule has 4 rings (SSSR count). The number of thiazole rings is 1. The summed E-state index contributed by atoms with van der Waals surface area (Å²) in [7, 11) is 1.59. The second-order valence-corrected chi connectivity index (χ2v) is 8.52. The average molecular weight is 435 g/mol. The number of carbonyl (C=O) groups is 1. The Morgan fingerprint density at radius 2 is 1.97 bits per heavy atom. The van der Waals surface area contributed by atoms with Gasteiger partial charge in [0.2, 0.25) is 5.91 Å². The lowest BCUT2D eigenvalue weighted by Crippen LogP contribution is -2.30. The van der Waals surface area contributed by atoms with Crippen LogP contribution in [0.15, 0.2) is 47.3 Å². The number of amides is 1. The fourth-order valence-corrected chi connectivity index (χ4v) is 4.25. The molecule has 0 bridgehead atoms. The van der Waals surface area contributed by atoms with Crippen LogP contribution < -0.4 is 15.6 Å². The van der Waals surface area contributed by atoms with Crippen LogP contribution in [0.3, 0.4) is 0 Å². The molecule has 1 amide bonds. The smallest absolute Gasteiger partial charge is 0.294 e. The van der Waals surface area contributed by atoms with Gasteiger partial charge in [0.05, 0.1) is 16.8 Å². The van der Waals surface area contributed by atoms with Gasteiger partial charge in [-0.1, -0.05) is 24.3 Å². The fourth-order valence-electron chi connectivity index (χ4n) is 3.33. The van der Waals surface area contributed by atoms with Crippen LogP contribution in [-0.2, 0) is 11.3 Å². The summed E-state index contributed by atoms with van der Waals surface area (Å²) in [6.07, 6.45) is 0. The number of nitrogens with zero attached hydrogens (tertiary/aromatic N) is 3. The number of aromatic nitrogens is 3. The molecule has 2 heterocycles. The van der Waals surface area contributed by atoms with Crippen LogP contribution in [0.2, 0.25) is 0 Å². The molecule has 0 fully saturated rings. The summed E-state index contributed by atoms with van der Waals surface area (Å²) in [6.45, 7) is 5.51. The Morgan fingerprint density at radius 1 is 1.16 bits per heavy atom. The fraction of sp³-hybridized carbons (Fsp3) is 0.217. The Hall–Kier alpha value is -3.52. The van der Waals surface area contributed by atoms with Crippen molar-refractivity contribution in [1.82, 2.24) is 14.8 Å². The Kier molecular flexibility index (Phi) is 5.56. The normalized spacial score (nSPS) is 11.0. The number of nitrogens with one attached hydrogen (secondary N) is 1. The second kappa shape index (κ2) is 8.31. The van der Waals surface area contributed by atoms with Crippen LogP contribution in [0.1, 0.15) is 16.1 Å². The van der Waals surface area contributed by atoms with Gasteiger partial charge in [0.25, 0.3) is 5.56 Å². The van der Waals surface area contributed by atoms with Crippen LogP contribution >= 0.6 is 11.3 Å². The van der Waals surface area contributed by atoms with E-state index in [1.807, 2.05) is 63.2 Å². The minimum atomic E-state index is -0.387. The number of hydrogen-bond donors (Lipinski definition) is 1. The molecule has 0 saturated heterocycles. The predicted molar refractivity (Wildman–Crippen MR) is 123 cm³/mol. The van der Waals surface area contributed by atoms with E-state index in [1.165, 1.54) is 16.0 Å². The zero-order valence-corrected chi connectivity index (χ0v) is 18.5. The summed E-state index contributed by atoms with van der Waals surface area (Å²) in [5.74, 6) is 0.352. The van der Waals surface area contributed by atoms with Gasteiger partial charge in [0.1, 0.15) is 18.0 Å². The summed E-state index contributed by atoms with van der Waals surface area (Å²) in [5.41, 5.74) is 4.02. The number of aryl methyl sites for hydroxylation is 3. The van der Waals surface area contributed by atoms with Gasteiger partial charge in [-0.2, -0.15) is 5.10 Å². The van der Waals surface area contributed by atoms with E-state index in [1.54, 1.807) is 7.11 Å². The van der Waals surface area contributed by atoms with Crippen molar-refractivity contribution in [2.75, 3.05) is 12.4 Å². The van der Waals surface area contributed by atoms with Crippen LogP contribution in [0.25, 0.3) is 21.5 Å². The summed E-state index contributed by atoms with van der Waals surface area (Å²) in [4.78, 5) is 30.1. The topological polar surface area (TPSA) is 86.1 Å². The van der Waals surface area contributed by atoms with E-state index in [9.17, 15) is 9.59 Å². The van der Waals surface area contributed by atoms with Crippen molar-refractivity contribution in [3.8, 4) is 17.0 Å². The van der Waals surface area contributed by atoms with Crippen molar-refractivity contribution in [2.45, 2.75) is 27.3 Å².